The van der Waals surface area contributed by atoms with E-state index in [1.54, 1.807) is 0 Å². The second kappa shape index (κ2) is 12.9. The number of furan rings is 1. The Hall–Kier alpha value is -7.10. The summed E-state index contributed by atoms with van der Waals surface area (Å²) >= 11 is 0. The van der Waals surface area contributed by atoms with Crippen LogP contribution in [-0.4, -0.2) is 9.97 Å². The monoisotopic (exact) mass is 676 g/mol. The van der Waals surface area contributed by atoms with Gasteiger partial charge in [-0.3, -0.25) is 0 Å². The molecule has 0 spiro atoms. The van der Waals surface area contributed by atoms with Crippen LogP contribution in [0.2, 0.25) is 0 Å². The van der Waals surface area contributed by atoms with Crippen molar-refractivity contribution in [1.29, 1.82) is 0 Å². The fourth-order valence-corrected chi connectivity index (χ4v) is 7.42. The Morgan fingerprint density at radius 1 is 0.302 bits per heavy atom. The van der Waals surface area contributed by atoms with Crippen LogP contribution in [-0.2, 0) is 0 Å². The van der Waals surface area contributed by atoms with E-state index in [1.165, 1.54) is 22.3 Å². The predicted molar refractivity (Wildman–Crippen MR) is 219 cm³/mol. The van der Waals surface area contributed by atoms with Gasteiger partial charge in [-0.25, -0.2) is 9.97 Å². The molecule has 3 heteroatoms. The van der Waals surface area contributed by atoms with Crippen LogP contribution < -0.4 is 0 Å². The van der Waals surface area contributed by atoms with Gasteiger partial charge in [0.25, 0.3) is 0 Å². The third-order valence-corrected chi connectivity index (χ3v) is 10.1. The molecule has 0 aliphatic heterocycles. The molecular formula is C50H32N2O. The highest BCUT2D eigenvalue weighted by Gasteiger charge is 2.17. The summed E-state index contributed by atoms with van der Waals surface area (Å²) in [5.41, 5.74) is 13.6. The molecule has 10 aromatic rings. The SMILES string of the molecule is c1ccc(-c2cccc(-c3cc(-c4ccc(-c5cc6c7cc(-c8ccccc8)ccc7oc6c6ccccc56)cc4)nc(-c4ccccc4)n3)c2)cc1. The number of rotatable bonds is 6. The molecule has 0 fully saturated rings. The van der Waals surface area contributed by atoms with E-state index >= 15 is 0 Å². The van der Waals surface area contributed by atoms with Gasteiger partial charge < -0.3 is 4.42 Å². The van der Waals surface area contributed by atoms with Gasteiger partial charge in [0, 0.05) is 32.8 Å². The summed E-state index contributed by atoms with van der Waals surface area (Å²) in [5, 5.41) is 4.49. The van der Waals surface area contributed by atoms with Gasteiger partial charge in [-0.2, -0.15) is 0 Å². The van der Waals surface area contributed by atoms with Gasteiger partial charge >= 0.3 is 0 Å². The van der Waals surface area contributed by atoms with E-state index in [1.807, 2.05) is 24.3 Å². The summed E-state index contributed by atoms with van der Waals surface area (Å²) in [6.07, 6.45) is 0. The summed E-state index contributed by atoms with van der Waals surface area (Å²) in [6.45, 7) is 0. The van der Waals surface area contributed by atoms with Gasteiger partial charge in [0.15, 0.2) is 5.82 Å². The molecule has 0 saturated carbocycles. The largest absolute Gasteiger partial charge is 0.455 e. The van der Waals surface area contributed by atoms with E-state index in [4.69, 9.17) is 14.4 Å². The van der Waals surface area contributed by atoms with Crippen LogP contribution in [0.1, 0.15) is 0 Å². The molecule has 10 rings (SSSR count). The minimum Gasteiger partial charge on any atom is -0.455 e. The normalized spacial score (nSPS) is 11.4. The third kappa shape index (κ3) is 5.65. The zero-order valence-electron chi connectivity index (χ0n) is 28.8. The molecule has 0 atom stereocenters. The van der Waals surface area contributed by atoms with Crippen molar-refractivity contribution in [3.63, 3.8) is 0 Å². The molecule has 248 valence electrons. The quantitative estimate of drug-likeness (QED) is 0.176. The van der Waals surface area contributed by atoms with Gasteiger partial charge in [-0.05, 0) is 69.1 Å². The van der Waals surface area contributed by atoms with Gasteiger partial charge in [0.1, 0.15) is 11.2 Å². The Labute approximate surface area is 307 Å². The topological polar surface area (TPSA) is 38.9 Å². The van der Waals surface area contributed by atoms with Crippen molar-refractivity contribution in [3.8, 4) is 67.3 Å². The first-order chi connectivity index (χ1) is 26.2. The average Bonchev–Trinajstić information content (AvgIpc) is 3.62. The smallest absolute Gasteiger partial charge is 0.160 e. The zero-order valence-corrected chi connectivity index (χ0v) is 28.8. The van der Waals surface area contributed by atoms with E-state index < -0.39 is 0 Å². The van der Waals surface area contributed by atoms with Gasteiger partial charge in [0.05, 0.1) is 11.4 Å². The summed E-state index contributed by atoms with van der Waals surface area (Å²) in [5.74, 6) is 0.699. The van der Waals surface area contributed by atoms with Crippen LogP contribution in [0.25, 0.3) is 100.0 Å². The summed E-state index contributed by atoms with van der Waals surface area (Å²) in [4.78, 5) is 10.2. The van der Waals surface area contributed by atoms with Crippen molar-refractivity contribution >= 4 is 32.7 Å². The van der Waals surface area contributed by atoms with Crippen molar-refractivity contribution in [2.75, 3.05) is 0 Å². The maximum atomic E-state index is 6.54. The predicted octanol–water partition coefficient (Wildman–Crippen LogP) is 13.5. The first-order valence-electron chi connectivity index (χ1n) is 17.9. The second-order valence-corrected chi connectivity index (χ2v) is 13.4. The van der Waals surface area contributed by atoms with Crippen LogP contribution in [0, 0.1) is 0 Å². The molecule has 0 saturated heterocycles. The van der Waals surface area contributed by atoms with Crippen molar-refractivity contribution in [2.45, 2.75) is 0 Å². The summed E-state index contributed by atoms with van der Waals surface area (Å²) in [6, 6.07) is 68.0. The first-order valence-corrected chi connectivity index (χ1v) is 17.9. The number of aromatic nitrogens is 2. The van der Waals surface area contributed by atoms with Crippen molar-refractivity contribution in [2.24, 2.45) is 0 Å². The lowest BCUT2D eigenvalue weighted by atomic mass is 9.94. The van der Waals surface area contributed by atoms with Crippen molar-refractivity contribution in [1.82, 2.24) is 9.97 Å². The fourth-order valence-electron chi connectivity index (χ4n) is 7.42. The van der Waals surface area contributed by atoms with Gasteiger partial charge in [0.2, 0.25) is 0 Å². The summed E-state index contributed by atoms with van der Waals surface area (Å²) in [7, 11) is 0. The molecular weight excluding hydrogens is 645 g/mol. The van der Waals surface area contributed by atoms with Crippen LogP contribution in [0.4, 0.5) is 0 Å². The fraction of sp³-hybridized carbons (Fsp3) is 0. The maximum absolute atomic E-state index is 6.54. The van der Waals surface area contributed by atoms with Crippen LogP contribution in [0.3, 0.4) is 0 Å². The first kappa shape index (κ1) is 30.7. The highest BCUT2D eigenvalue weighted by atomic mass is 16.3. The minimum absolute atomic E-state index is 0.699. The van der Waals surface area contributed by atoms with E-state index in [0.29, 0.717) is 5.82 Å². The molecule has 53 heavy (non-hydrogen) atoms. The molecule has 0 amide bonds. The van der Waals surface area contributed by atoms with Gasteiger partial charge in [-0.1, -0.05) is 164 Å². The molecule has 2 heterocycles. The highest BCUT2D eigenvalue weighted by Crippen LogP contribution is 2.41. The van der Waals surface area contributed by atoms with Crippen molar-refractivity contribution < 1.29 is 4.42 Å². The lowest BCUT2D eigenvalue weighted by molar-refractivity contribution is 0.673. The van der Waals surface area contributed by atoms with Crippen LogP contribution in [0.5, 0.6) is 0 Å². The molecule has 3 nitrogen and oxygen atoms in total. The van der Waals surface area contributed by atoms with E-state index in [0.717, 1.165) is 71.9 Å². The summed E-state index contributed by atoms with van der Waals surface area (Å²) < 4.78 is 6.54. The Morgan fingerprint density at radius 3 is 1.53 bits per heavy atom. The molecule has 2 aromatic heterocycles. The Bertz CT molecular complexity index is 2910. The molecule has 0 N–H and O–H groups in total. The number of fused-ring (bicyclic) bond motifs is 5. The lowest BCUT2D eigenvalue weighted by Crippen LogP contribution is -1.96. The number of hydrogen-bond donors (Lipinski definition) is 0. The average molecular weight is 677 g/mol. The molecule has 0 radical (unpaired) electrons. The minimum atomic E-state index is 0.699. The lowest BCUT2D eigenvalue weighted by Gasteiger charge is -2.12. The van der Waals surface area contributed by atoms with Crippen LogP contribution in [0.15, 0.2) is 199 Å². The standard InChI is InChI=1S/C50H32N2O/c1-4-13-33(14-5-1)38-19-12-20-40(29-38)47-32-46(51-50(52-47)37-17-8-3-9-18-37)36-25-23-35(24-26-36)43-31-45-44-30-39(34-15-6-2-7-16-34)27-28-48(44)53-49(45)42-22-11-10-21-41(42)43/h1-32H. The number of hydrogen-bond acceptors (Lipinski definition) is 3. The zero-order chi connectivity index (χ0) is 35.1. The number of benzene rings is 8. The van der Waals surface area contributed by atoms with Gasteiger partial charge in [-0.15, -0.1) is 0 Å². The maximum Gasteiger partial charge on any atom is 0.160 e. The Kier molecular flexibility index (Phi) is 7.47. The molecule has 0 bridgehead atoms. The molecule has 8 aromatic carbocycles. The van der Waals surface area contributed by atoms with Crippen LogP contribution >= 0.6 is 0 Å². The van der Waals surface area contributed by atoms with E-state index in [-0.39, 0.29) is 0 Å². The third-order valence-electron chi connectivity index (χ3n) is 10.1. The van der Waals surface area contributed by atoms with Crippen molar-refractivity contribution in [3.05, 3.63) is 194 Å². The molecule has 0 aliphatic carbocycles. The van der Waals surface area contributed by atoms with E-state index in [2.05, 4.69) is 170 Å². The molecule has 0 unspecified atom stereocenters. The van der Waals surface area contributed by atoms with E-state index in [9.17, 15) is 0 Å². The Morgan fingerprint density at radius 2 is 0.830 bits per heavy atom. The Balaban J connectivity index is 1.09. The molecule has 0 aliphatic rings. The number of nitrogens with zero attached hydrogens (tertiary/aromatic N) is 2. The highest BCUT2D eigenvalue weighted by molar-refractivity contribution is 6.19. The second-order valence-electron chi connectivity index (χ2n) is 13.4.